The zero-order valence-electron chi connectivity index (χ0n) is 12.0. The first-order valence-corrected chi connectivity index (χ1v) is 6.67. The highest BCUT2D eigenvalue weighted by atomic mass is 16.3. The van der Waals surface area contributed by atoms with Gasteiger partial charge in [0.2, 0.25) is 0 Å². The summed E-state index contributed by atoms with van der Waals surface area (Å²) in [6.45, 7) is 3.45. The van der Waals surface area contributed by atoms with Crippen LogP contribution in [0.2, 0.25) is 0 Å². The number of aliphatic hydroxyl groups is 1. The third kappa shape index (κ3) is 4.25. The van der Waals surface area contributed by atoms with Gasteiger partial charge < -0.3 is 15.7 Å². The van der Waals surface area contributed by atoms with Crippen LogP contribution in [0.15, 0.2) is 36.5 Å². The van der Waals surface area contributed by atoms with E-state index in [1.807, 2.05) is 31.2 Å². The number of amides is 2. The molecule has 0 radical (unpaired) electrons. The molecule has 0 saturated carbocycles. The van der Waals surface area contributed by atoms with Crippen molar-refractivity contribution in [1.82, 2.24) is 15.3 Å². The Balaban J connectivity index is 2.13. The lowest BCUT2D eigenvalue weighted by Crippen LogP contribution is -2.38. The van der Waals surface area contributed by atoms with Crippen LogP contribution in [-0.4, -0.2) is 33.8 Å². The lowest BCUT2D eigenvalue weighted by Gasteiger charge is -2.12. The molecule has 3 N–H and O–H groups in total. The highest BCUT2D eigenvalue weighted by Crippen LogP contribution is 2.20. The van der Waals surface area contributed by atoms with Crippen molar-refractivity contribution in [2.24, 2.45) is 0 Å². The Morgan fingerprint density at radius 2 is 2.19 bits per heavy atom. The van der Waals surface area contributed by atoms with E-state index in [-0.39, 0.29) is 18.7 Å². The number of benzene rings is 1. The molecule has 0 unspecified atom stereocenters. The lowest BCUT2D eigenvalue weighted by atomic mass is 10.1. The van der Waals surface area contributed by atoms with E-state index >= 15 is 0 Å². The SMILES string of the molecule is Cc1nccc(-c2cccc(NC(=O)N[C@@H](C)CO)c2)n1. The van der Waals surface area contributed by atoms with Gasteiger partial charge in [0.05, 0.1) is 18.3 Å². The van der Waals surface area contributed by atoms with Gasteiger partial charge in [-0.3, -0.25) is 0 Å². The smallest absolute Gasteiger partial charge is 0.319 e. The number of carbonyl (C=O) groups is 1. The first kappa shape index (κ1) is 14.9. The molecule has 2 amide bonds. The highest BCUT2D eigenvalue weighted by Gasteiger charge is 2.07. The number of nitrogens with zero attached hydrogens (tertiary/aromatic N) is 2. The van der Waals surface area contributed by atoms with E-state index in [9.17, 15) is 4.79 Å². The van der Waals surface area contributed by atoms with Gasteiger partial charge >= 0.3 is 6.03 Å². The van der Waals surface area contributed by atoms with Gasteiger partial charge in [0.15, 0.2) is 0 Å². The van der Waals surface area contributed by atoms with Gasteiger partial charge in [0.25, 0.3) is 0 Å². The first-order valence-electron chi connectivity index (χ1n) is 6.67. The summed E-state index contributed by atoms with van der Waals surface area (Å²) in [5, 5.41) is 14.3. The topological polar surface area (TPSA) is 87.1 Å². The van der Waals surface area contributed by atoms with E-state index in [4.69, 9.17) is 5.11 Å². The van der Waals surface area contributed by atoms with Crippen LogP contribution in [0.25, 0.3) is 11.3 Å². The molecule has 0 aliphatic carbocycles. The van der Waals surface area contributed by atoms with Crippen LogP contribution < -0.4 is 10.6 Å². The second-order valence-corrected chi connectivity index (χ2v) is 4.75. The van der Waals surface area contributed by atoms with Crippen LogP contribution in [-0.2, 0) is 0 Å². The highest BCUT2D eigenvalue weighted by molar-refractivity contribution is 5.90. The van der Waals surface area contributed by atoms with Crippen molar-refractivity contribution >= 4 is 11.7 Å². The van der Waals surface area contributed by atoms with E-state index in [2.05, 4.69) is 20.6 Å². The Kier molecular flexibility index (Phi) is 4.84. The molecular formula is C15H18N4O2. The van der Waals surface area contributed by atoms with Gasteiger partial charge in [-0.1, -0.05) is 12.1 Å². The monoisotopic (exact) mass is 286 g/mol. The molecule has 1 aromatic heterocycles. The molecule has 6 nitrogen and oxygen atoms in total. The minimum absolute atomic E-state index is 0.104. The Morgan fingerprint density at radius 1 is 1.38 bits per heavy atom. The number of nitrogens with one attached hydrogen (secondary N) is 2. The van der Waals surface area contributed by atoms with Gasteiger partial charge in [0, 0.05) is 17.4 Å². The molecule has 0 aliphatic rings. The van der Waals surface area contributed by atoms with Crippen LogP contribution >= 0.6 is 0 Å². The van der Waals surface area contributed by atoms with Gasteiger partial charge in [-0.15, -0.1) is 0 Å². The molecule has 0 aliphatic heterocycles. The number of anilines is 1. The lowest BCUT2D eigenvalue weighted by molar-refractivity contribution is 0.229. The Morgan fingerprint density at radius 3 is 2.90 bits per heavy atom. The number of carbonyl (C=O) groups excluding carboxylic acids is 1. The molecule has 0 bridgehead atoms. The van der Waals surface area contributed by atoms with Gasteiger partial charge in [0.1, 0.15) is 5.82 Å². The summed E-state index contributed by atoms with van der Waals surface area (Å²) < 4.78 is 0. The average Bonchev–Trinajstić information content (AvgIpc) is 2.47. The predicted molar refractivity (Wildman–Crippen MR) is 80.9 cm³/mol. The van der Waals surface area contributed by atoms with Crippen LogP contribution in [0, 0.1) is 6.92 Å². The number of hydrogen-bond donors (Lipinski definition) is 3. The number of aromatic nitrogens is 2. The number of aryl methyl sites for hydroxylation is 1. The van der Waals surface area contributed by atoms with Crippen molar-refractivity contribution < 1.29 is 9.90 Å². The molecule has 21 heavy (non-hydrogen) atoms. The summed E-state index contributed by atoms with van der Waals surface area (Å²) in [5.74, 6) is 0.695. The summed E-state index contributed by atoms with van der Waals surface area (Å²) in [4.78, 5) is 20.1. The van der Waals surface area contributed by atoms with E-state index in [1.165, 1.54) is 0 Å². The summed E-state index contributed by atoms with van der Waals surface area (Å²) >= 11 is 0. The van der Waals surface area contributed by atoms with Crippen LogP contribution in [0.4, 0.5) is 10.5 Å². The van der Waals surface area contributed by atoms with Crippen molar-refractivity contribution in [1.29, 1.82) is 0 Å². The molecule has 1 atom stereocenters. The number of rotatable bonds is 4. The normalized spacial score (nSPS) is 11.8. The Hall–Kier alpha value is -2.47. The zero-order chi connectivity index (χ0) is 15.2. The molecule has 2 aromatic rings. The van der Waals surface area contributed by atoms with Crippen LogP contribution in [0.5, 0.6) is 0 Å². The first-order chi connectivity index (χ1) is 10.1. The van der Waals surface area contributed by atoms with Gasteiger partial charge in [-0.25, -0.2) is 14.8 Å². The molecule has 1 aromatic carbocycles. The van der Waals surface area contributed by atoms with Crippen molar-refractivity contribution in [2.45, 2.75) is 19.9 Å². The maximum atomic E-state index is 11.7. The number of urea groups is 1. The fourth-order valence-corrected chi connectivity index (χ4v) is 1.81. The van der Waals surface area contributed by atoms with Crippen LogP contribution in [0.1, 0.15) is 12.7 Å². The van der Waals surface area contributed by atoms with E-state index in [0.29, 0.717) is 11.5 Å². The van der Waals surface area contributed by atoms with Crippen LogP contribution in [0.3, 0.4) is 0 Å². The minimum Gasteiger partial charge on any atom is -0.394 e. The predicted octanol–water partition coefficient (Wildman–Crippen LogP) is 1.95. The average molecular weight is 286 g/mol. The van der Waals surface area contributed by atoms with Crippen molar-refractivity contribution in [2.75, 3.05) is 11.9 Å². The summed E-state index contributed by atoms with van der Waals surface area (Å²) in [7, 11) is 0. The Labute approximate surface area is 123 Å². The second-order valence-electron chi connectivity index (χ2n) is 4.75. The number of aliphatic hydroxyl groups excluding tert-OH is 1. The minimum atomic E-state index is -0.354. The summed E-state index contributed by atoms with van der Waals surface area (Å²) in [5.41, 5.74) is 2.36. The number of hydrogen-bond acceptors (Lipinski definition) is 4. The van der Waals surface area contributed by atoms with Crippen molar-refractivity contribution in [3.05, 3.63) is 42.4 Å². The second kappa shape index (κ2) is 6.81. The summed E-state index contributed by atoms with van der Waals surface area (Å²) in [6, 6.07) is 8.57. The maximum absolute atomic E-state index is 11.7. The zero-order valence-corrected chi connectivity index (χ0v) is 12.0. The third-order valence-corrected chi connectivity index (χ3v) is 2.84. The molecule has 1 heterocycles. The maximum Gasteiger partial charge on any atom is 0.319 e. The van der Waals surface area contributed by atoms with Gasteiger partial charge in [-0.05, 0) is 32.0 Å². The fraction of sp³-hybridized carbons (Fsp3) is 0.267. The van der Waals surface area contributed by atoms with Crippen molar-refractivity contribution in [3.63, 3.8) is 0 Å². The summed E-state index contributed by atoms with van der Waals surface area (Å²) in [6.07, 6.45) is 1.70. The van der Waals surface area contributed by atoms with Gasteiger partial charge in [-0.2, -0.15) is 0 Å². The molecule has 110 valence electrons. The largest absolute Gasteiger partial charge is 0.394 e. The molecule has 2 rings (SSSR count). The standard InChI is InChI=1S/C15H18N4O2/c1-10(9-20)17-15(21)19-13-5-3-4-12(8-13)14-6-7-16-11(2)18-14/h3-8,10,20H,9H2,1-2H3,(H2,17,19,21)/t10-/m0/s1. The molecular weight excluding hydrogens is 268 g/mol. The Bertz CT molecular complexity index is 631. The molecule has 6 heteroatoms. The van der Waals surface area contributed by atoms with E-state index in [1.54, 1.807) is 19.2 Å². The molecule has 0 spiro atoms. The van der Waals surface area contributed by atoms with Crippen molar-refractivity contribution in [3.8, 4) is 11.3 Å². The molecule has 0 saturated heterocycles. The van der Waals surface area contributed by atoms with E-state index < -0.39 is 0 Å². The quantitative estimate of drug-likeness (QED) is 0.801. The fourth-order valence-electron chi connectivity index (χ4n) is 1.81. The van der Waals surface area contributed by atoms with E-state index in [0.717, 1.165) is 11.3 Å². The third-order valence-electron chi connectivity index (χ3n) is 2.84. The molecule has 0 fully saturated rings.